The van der Waals surface area contributed by atoms with Gasteiger partial charge >= 0.3 is 0 Å². The number of thioether (sulfide) groups is 1. The Kier molecular flexibility index (Phi) is 6.90. The molecule has 0 spiro atoms. The SMILES string of the molecule is CCc1nc2ccccc2c(C(=O)NCCCc2nnc(SC)n2C2CCCC2)c1C. The van der Waals surface area contributed by atoms with E-state index in [1.807, 2.05) is 31.2 Å². The Morgan fingerprint density at radius 3 is 2.74 bits per heavy atom. The van der Waals surface area contributed by atoms with Gasteiger partial charge in [0.2, 0.25) is 0 Å². The van der Waals surface area contributed by atoms with Crippen LogP contribution in [0.4, 0.5) is 0 Å². The molecule has 0 aliphatic heterocycles. The number of carbonyl (C=O) groups is 1. The Labute approximate surface area is 188 Å². The number of pyridine rings is 1. The second kappa shape index (κ2) is 9.81. The lowest BCUT2D eigenvalue weighted by molar-refractivity contribution is 0.0954. The lowest BCUT2D eigenvalue weighted by Gasteiger charge is -2.16. The van der Waals surface area contributed by atoms with Gasteiger partial charge in [0.05, 0.1) is 11.1 Å². The Bertz CT molecular complexity index is 1070. The number of fused-ring (bicyclic) bond motifs is 1. The van der Waals surface area contributed by atoms with Crippen LogP contribution in [-0.2, 0) is 12.8 Å². The number of carbonyl (C=O) groups excluding carboxylic acids is 1. The number of amides is 1. The van der Waals surface area contributed by atoms with Gasteiger partial charge in [0, 0.05) is 30.1 Å². The Morgan fingerprint density at radius 1 is 1.23 bits per heavy atom. The molecule has 2 aromatic heterocycles. The zero-order chi connectivity index (χ0) is 21.8. The summed E-state index contributed by atoms with van der Waals surface area (Å²) in [6, 6.07) is 8.42. The summed E-state index contributed by atoms with van der Waals surface area (Å²) in [5, 5.41) is 13.9. The van der Waals surface area contributed by atoms with E-state index in [9.17, 15) is 4.79 Å². The van der Waals surface area contributed by atoms with Crippen molar-refractivity contribution < 1.29 is 4.79 Å². The van der Waals surface area contributed by atoms with Crippen molar-refractivity contribution in [2.24, 2.45) is 0 Å². The van der Waals surface area contributed by atoms with E-state index in [1.54, 1.807) is 11.8 Å². The van der Waals surface area contributed by atoms with Gasteiger partial charge in [-0.3, -0.25) is 9.78 Å². The molecular weight excluding hydrogens is 406 g/mol. The van der Waals surface area contributed by atoms with Crippen molar-refractivity contribution in [3.63, 3.8) is 0 Å². The highest BCUT2D eigenvalue weighted by Crippen LogP contribution is 2.33. The molecule has 1 amide bonds. The first-order valence-corrected chi connectivity index (χ1v) is 12.5. The van der Waals surface area contributed by atoms with E-state index in [0.717, 1.165) is 58.0 Å². The van der Waals surface area contributed by atoms with Crippen molar-refractivity contribution >= 4 is 28.6 Å². The molecule has 3 aromatic rings. The van der Waals surface area contributed by atoms with Gasteiger partial charge in [-0.2, -0.15) is 0 Å². The monoisotopic (exact) mass is 437 g/mol. The predicted molar refractivity (Wildman–Crippen MR) is 126 cm³/mol. The molecule has 1 fully saturated rings. The number of aryl methyl sites for hydroxylation is 2. The van der Waals surface area contributed by atoms with E-state index < -0.39 is 0 Å². The van der Waals surface area contributed by atoms with E-state index in [1.165, 1.54) is 25.7 Å². The van der Waals surface area contributed by atoms with E-state index >= 15 is 0 Å². The maximum atomic E-state index is 13.1. The third-order valence-electron chi connectivity index (χ3n) is 6.27. The van der Waals surface area contributed by atoms with Gasteiger partial charge in [0.25, 0.3) is 5.91 Å². The molecule has 164 valence electrons. The highest BCUT2D eigenvalue weighted by Gasteiger charge is 2.23. The van der Waals surface area contributed by atoms with Crippen LogP contribution in [-0.4, -0.2) is 38.5 Å². The molecule has 6 nitrogen and oxygen atoms in total. The number of hydrogen-bond acceptors (Lipinski definition) is 5. The fraction of sp³-hybridized carbons (Fsp3) is 0.500. The summed E-state index contributed by atoms with van der Waals surface area (Å²) in [5.41, 5.74) is 3.59. The number of nitrogens with one attached hydrogen (secondary N) is 1. The van der Waals surface area contributed by atoms with Crippen LogP contribution in [0, 0.1) is 6.92 Å². The third-order valence-corrected chi connectivity index (χ3v) is 6.91. The second-order valence-electron chi connectivity index (χ2n) is 8.20. The number of aromatic nitrogens is 4. The largest absolute Gasteiger partial charge is 0.352 e. The van der Waals surface area contributed by atoms with Crippen LogP contribution in [0.5, 0.6) is 0 Å². The van der Waals surface area contributed by atoms with Gasteiger partial charge in [0.15, 0.2) is 5.16 Å². The summed E-state index contributed by atoms with van der Waals surface area (Å²) in [6.45, 7) is 4.69. The molecule has 0 bridgehead atoms. The Morgan fingerprint density at radius 2 is 2.00 bits per heavy atom. The third kappa shape index (κ3) is 4.47. The highest BCUT2D eigenvalue weighted by molar-refractivity contribution is 7.98. The molecule has 0 saturated heterocycles. The molecule has 1 aliphatic carbocycles. The summed E-state index contributed by atoms with van der Waals surface area (Å²) in [5.74, 6) is 1.03. The van der Waals surface area contributed by atoms with Gasteiger partial charge in [-0.25, -0.2) is 0 Å². The van der Waals surface area contributed by atoms with Gasteiger partial charge in [-0.1, -0.05) is 49.7 Å². The molecular formula is C24H31N5OS. The van der Waals surface area contributed by atoms with Gasteiger partial charge in [-0.05, 0) is 50.5 Å². The highest BCUT2D eigenvalue weighted by atomic mass is 32.2. The molecule has 2 heterocycles. The molecule has 0 unspecified atom stereocenters. The second-order valence-corrected chi connectivity index (χ2v) is 8.97. The fourth-order valence-electron chi connectivity index (χ4n) is 4.68. The Balaban J connectivity index is 1.44. The van der Waals surface area contributed by atoms with Crippen LogP contribution in [0.1, 0.15) is 72.5 Å². The minimum absolute atomic E-state index is 0.0205. The number of hydrogen-bond donors (Lipinski definition) is 1. The van der Waals surface area contributed by atoms with Gasteiger partial charge in [0.1, 0.15) is 5.82 Å². The lowest BCUT2D eigenvalue weighted by atomic mass is 9.99. The molecule has 31 heavy (non-hydrogen) atoms. The van der Waals surface area contributed by atoms with E-state index in [-0.39, 0.29) is 5.91 Å². The summed E-state index contributed by atoms with van der Waals surface area (Å²) in [6.07, 6.45) is 9.52. The van der Waals surface area contributed by atoms with Crippen molar-refractivity contribution in [1.82, 2.24) is 25.1 Å². The van der Waals surface area contributed by atoms with Crippen LogP contribution in [0.25, 0.3) is 10.9 Å². The molecule has 1 aliphatic rings. The standard InChI is InChI=1S/C24H31N5OS/c1-4-19-16(2)22(18-12-7-8-13-20(18)26-19)23(30)25-15-9-14-21-27-28-24(31-3)29(21)17-10-5-6-11-17/h7-8,12-13,17H,4-6,9-11,14-15H2,1-3H3,(H,25,30). The molecule has 4 rings (SSSR count). The van der Waals surface area contributed by atoms with Crippen molar-refractivity contribution in [3.8, 4) is 0 Å². The minimum Gasteiger partial charge on any atom is -0.352 e. The van der Waals surface area contributed by atoms with Gasteiger partial charge in [-0.15, -0.1) is 10.2 Å². The molecule has 1 saturated carbocycles. The van der Waals surface area contributed by atoms with Gasteiger partial charge < -0.3 is 9.88 Å². The topological polar surface area (TPSA) is 72.7 Å². The number of nitrogens with zero attached hydrogens (tertiary/aromatic N) is 4. The summed E-state index contributed by atoms with van der Waals surface area (Å²) in [4.78, 5) is 17.8. The average Bonchev–Trinajstić information content (AvgIpc) is 3.45. The summed E-state index contributed by atoms with van der Waals surface area (Å²) < 4.78 is 2.34. The first kappa shape index (κ1) is 21.8. The summed E-state index contributed by atoms with van der Waals surface area (Å²) in [7, 11) is 0. The average molecular weight is 438 g/mol. The molecule has 1 N–H and O–H groups in total. The van der Waals surface area contributed by atoms with E-state index in [2.05, 4.69) is 33.3 Å². The maximum absolute atomic E-state index is 13.1. The fourth-order valence-corrected chi connectivity index (χ4v) is 5.25. The van der Waals surface area contributed by atoms with Crippen molar-refractivity contribution in [1.29, 1.82) is 0 Å². The lowest BCUT2D eigenvalue weighted by Crippen LogP contribution is -2.26. The zero-order valence-corrected chi connectivity index (χ0v) is 19.5. The first-order chi connectivity index (χ1) is 15.1. The minimum atomic E-state index is -0.0205. The van der Waals surface area contributed by atoms with Crippen LogP contribution in [0.2, 0.25) is 0 Å². The zero-order valence-electron chi connectivity index (χ0n) is 18.6. The molecule has 1 aromatic carbocycles. The van der Waals surface area contributed by atoms with Crippen molar-refractivity contribution in [2.75, 3.05) is 12.8 Å². The van der Waals surface area contributed by atoms with Crippen LogP contribution in [0.15, 0.2) is 29.4 Å². The quantitative estimate of drug-likeness (QED) is 0.401. The molecule has 0 radical (unpaired) electrons. The first-order valence-electron chi connectivity index (χ1n) is 11.3. The predicted octanol–water partition coefficient (Wildman–Crippen LogP) is 4.90. The number of rotatable bonds is 8. The van der Waals surface area contributed by atoms with E-state index in [4.69, 9.17) is 4.98 Å². The van der Waals surface area contributed by atoms with E-state index in [0.29, 0.717) is 12.6 Å². The van der Waals surface area contributed by atoms with Crippen LogP contribution < -0.4 is 5.32 Å². The number of para-hydroxylation sites is 1. The summed E-state index contributed by atoms with van der Waals surface area (Å²) >= 11 is 1.66. The van der Waals surface area contributed by atoms with Crippen LogP contribution in [0.3, 0.4) is 0 Å². The Hall–Kier alpha value is -2.41. The molecule has 0 atom stereocenters. The van der Waals surface area contributed by atoms with Crippen molar-refractivity contribution in [3.05, 3.63) is 46.9 Å². The number of benzene rings is 1. The van der Waals surface area contributed by atoms with Crippen molar-refractivity contribution in [2.45, 2.75) is 70.0 Å². The normalized spacial score (nSPS) is 14.4. The molecule has 7 heteroatoms. The smallest absolute Gasteiger partial charge is 0.252 e. The van der Waals surface area contributed by atoms with Crippen LogP contribution >= 0.6 is 11.8 Å². The maximum Gasteiger partial charge on any atom is 0.252 e.